The Morgan fingerprint density at radius 1 is 0.970 bits per heavy atom. The Hall–Kier alpha value is -2.38. The first-order chi connectivity index (χ1) is 15.4. The maximum atomic E-state index is 13.5. The number of ketones is 1. The molecule has 0 aliphatic rings. The maximum Gasteiger partial charge on any atom is 0.204 e. The molecule has 0 unspecified atom stereocenters. The number of carbonyl (C=O) groups is 1. The second-order valence-corrected chi connectivity index (χ2v) is 9.37. The van der Waals surface area contributed by atoms with Crippen molar-refractivity contribution in [3.63, 3.8) is 0 Å². The average molecular weight is 491 g/mol. The lowest BCUT2D eigenvalue weighted by molar-refractivity contribution is -0.134. The summed E-state index contributed by atoms with van der Waals surface area (Å²) in [7, 11) is 3.17. The van der Waals surface area contributed by atoms with Crippen LogP contribution in [0.25, 0.3) is 11.3 Å². The third-order valence-corrected chi connectivity index (χ3v) is 6.07. The van der Waals surface area contributed by atoms with Gasteiger partial charge in [0.1, 0.15) is 5.69 Å². The molecule has 0 saturated carbocycles. The Bertz CT molecular complexity index is 1190. The van der Waals surface area contributed by atoms with E-state index in [1.165, 1.54) is 0 Å². The first-order valence-corrected chi connectivity index (χ1v) is 11.2. The highest BCUT2D eigenvalue weighted by atomic mass is 35.5. The SMILES string of the molecule is COC(C)(C)Oc1c(-c2ccc(Cl)cc2C(=O)c2ccccc2Cl)nn(C(C)(C)OC)c1C. The predicted octanol–water partition coefficient (Wildman–Crippen LogP) is 6.50. The van der Waals surface area contributed by atoms with Crippen LogP contribution in [0.3, 0.4) is 0 Å². The zero-order chi connectivity index (χ0) is 24.6. The number of aromatic nitrogens is 2. The van der Waals surface area contributed by atoms with Gasteiger partial charge in [-0.15, -0.1) is 0 Å². The van der Waals surface area contributed by atoms with Crippen molar-refractivity contribution >= 4 is 29.0 Å². The fourth-order valence-electron chi connectivity index (χ4n) is 3.39. The van der Waals surface area contributed by atoms with Gasteiger partial charge in [-0.1, -0.05) is 41.4 Å². The molecule has 0 spiro atoms. The molecule has 33 heavy (non-hydrogen) atoms. The first-order valence-electron chi connectivity index (χ1n) is 10.4. The highest BCUT2D eigenvalue weighted by molar-refractivity contribution is 6.35. The van der Waals surface area contributed by atoms with Crippen molar-refractivity contribution in [3.8, 4) is 17.0 Å². The van der Waals surface area contributed by atoms with Crippen LogP contribution >= 0.6 is 23.2 Å². The van der Waals surface area contributed by atoms with E-state index < -0.39 is 11.5 Å². The lowest BCUT2D eigenvalue weighted by atomic mass is 9.96. The minimum absolute atomic E-state index is 0.270. The molecule has 0 fully saturated rings. The summed E-state index contributed by atoms with van der Waals surface area (Å²) in [6.45, 7) is 9.25. The third-order valence-electron chi connectivity index (χ3n) is 5.51. The van der Waals surface area contributed by atoms with Crippen molar-refractivity contribution in [3.05, 3.63) is 69.3 Å². The molecular formula is C25H28Cl2N2O4. The monoisotopic (exact) mass is 490 g/mol. The molecule has 6 nitrogen and oxygen atoms in total. The number of carbonyl (C=O) groups excluding carboxylic acids is 1. The Kier molecular flexibility index (Phi) is 7.24. The van der Waals surface area contributed by atoms with Gasteiger partial charge in [0.25, 0.3) is 0 Å². The second kappa shape index (κ2) is 9.47. The van der Waals surface area contributed by atoms with E-state index in [9.17, 15) is 4.79 Å². The van der Waals surface area contributed by atoms with Crippen LogP contribution in [0, 0.1) is 6.92 Å². The predicted molar refractivity (Wildman–Crippen MR) is 130 cm³/mol. The van der Waals surface area contributed by atoms with Crippen LogP contribution in [-0.2, 0) is 15.2 Å². The number of hydrogen-bond acceptors (Lipinski definition) is 5. The zero-order valence-electron chi connectivity index (χ0n) is 19.8. The van der Waals surface area contributed by atoms with Crippen molar-refractivity contribution in [1.29, 1.82) is 0 Å². The molecule has 0 aliphatic heterocycles. The zero-order valence-corrected chi connectivity index (χ0v) is 21.3. The van der Waals surface area contributed by atoms with E-state index in [0.29, 0.717) is 43.9 Å². The lowest BCUT2D eigenvalue weighted by Gasteiger charge is -2.27. The maximum absolute atomic E-state index is 13.5. The molecule has 0 N–H and O–H groups in total. The van der Waals surface area contributed by atoms with Gasteiger partial charge in [-0.2, -0.15) is 5.10 Å². The molecule has 0 amide bonds. The normalized spacial score (nSPS) is 12.2. The van der Waals surface area contributed by atoms with Gasteiger partial charge in [0, 0.05) is 49.8 Å². The van der Waals surface area contributed by atoms with E-state index in [0.717, 1.165) is 0 Å². The van der Waals surface area contributed by atoms with Crippen LogP contribution < -0.4 is 4.74 Å². The van der Waals surface area contributed by atoms with Crippen LogP contribution in [0.15, 0.2) is 42.5 Å². The van der Waals surface area contributed by atoms with E-state index >= 15 is 0 Å². The molecule has 0 saturated heterocycles. The van der Waals surface area contributed by atoms with Gasteiger partial charge in [0.05, 0.1) is 10.7 Å². The molecule has 3 rings (SSSR count). The van der Waals surface area contributed by atoms with Crippen LogP contribution in [0.5, 0.6) is 5.75 Å². The van der Waals surface area contributed by atoms with E-state index in [4.69, 9.17) is 42.5 Å². The molecule has 8 heteroatoms. The summed E-state index contributed by atoms with van der Waals surface area (Å²) in [4.78, 5) is 13.5. The minimum atomic E-state index is -0.941. The number of hydrogen-bond donors (Lipinski definition) is 0. The van der Waals surface area contributed by atoms with Gasteiger partial charge >= 0.3 is 0 Å². The molecule has 1 aromatic heterocycles. The fourth-order valence-corrected chi connectivity index (χ4v) is 3.78. The van der Waals surface area contributed by atoms with Crippen LogP contribution in [-0.4, -0.2) is 35.6 Å². The molecule has 2 aromatic carbocycles. The Morgan fingerprint density at radius 3 is 2.24 bits per heavy atom. The third kappa shape index (κ3) is 5.09. The highest BCUT2D eigenvalue weighted by Crippen LogP contribution is 2.40. The number of nitrogens with zero attached hydrogens (tertiary/aromatic N) is 2. The van der Waals surface area contributed by atoms with Crippen molar-refractivity contribution in [2.75, 3.05) is 14.2 Å². The van der Waals surface area contributed by atoms with Crippen LogP contribution in [0.4, 0.5) is 0 Å². The van der Waals surface area contributed by atoms with E-state index in [1.54, 1.807) is 75.2 Å². The fraction of sp³-hybridized carbons (Fsp3) is 0.360. The Labute approximate surface area is 204 Å². The van der Waals surface area contributed by atoms with Crippen molar-refractivity contribution in [2.45, 2.75) is 46.1 Å². The molecule has 1 heterocycles. The molecule has 0 atom stereocenters. The molecule has 0 aliphatic carbocycles. The second-order valence-electron chi connectivity index (χ2n) is 8.53. The van der Waals surface area contributed by atoms with Crippen molar-refractivity contribution in [1.82, 2.24) is 9.78 Å². The van der Waals surface area contributed by atoms with E-state index in [-0.39, 0.29) is 5.78 Å². The van der Waals surface area contributed by atoms with Gasteiger partial charge in [0.2, 0.25) is 5.79 Å². The van der Waals surface area contributed by atoms with Gasteiger partial charge in [-0.25, -0.2) is 4.68 Å². The smallest absolute Gasteiger partial charge is 0.204 e. The molecule has 176 valence electrons. The average Bonchev–Trinajstić information content (AvgIpc) is 3.09. The summed E-state index contributed by atoms with van der Waals surface area (Å²) in [5.74, 6) is -0.736. The van der Waals surface area contributed by atoms with Crippen LogP contribution in [0.1, 0.15) is 49.3 Å². The summed E-state index contributed by atoms with van der Waals surface area (Å²) in [5.41, 5.74) is 1.70. The lowest BCUT2D eigenvalue weighted by Crippen LogP contribution is -2.32. The minimum Gasteiger partial charge on any atom is -0.459 e. The van der Waals surface area contributed by atoms with Gasteiger partial charge in [0.15, 0.2) is 17.3 Å². The summed E-state index contributed by atoms with van der Waals surface area (Å²) >= 11 is 12.6. The summed E-state index contributed by atoms with van der Waals surface area (Å²) in [6.07, 6.45) is 0. The number of rotatable bonds is 8. The standard InChI is InChI=1S/C25H28Cl2N2O4/c1-15-23(33-25(4,5)32-7)21(28-29(15)24(2,3)31-6)17-13-12-16(26)14-19(17)22(30)18-10-8-9-11-20(18)27/h8-14H,1-7H3. The summed E-state index contributed by atoms with van der Waals surface area (Å²) < 4.78 is 19.1. The molecule has 0 radical (unpaired) electrons. The highest BCUT2D eigenvalue weighted by Gasteiger charge is 2.32. The van der Waals surface area contributed by atoms with E-state index in [1.807, 2.05) is 20.8 Å². The van der Waals surface area contributed by atoms with Crippen molar-refractivity contribution < 1.29 is 19.0 Å². The summed E-state index contributed by atoms with van der Waals surface area (Å²) in [5, 5.41) is 5.59. The van der Waals surface area contributed by atoms with Gasteiger partial charge in [-0.05, 0) is 45.0 Å². The van der Waals surface area contributed by atoms with Crippen molar-refractivity contribution in [2.24, 2.45) is 0 Å². The molecular weight excluding hydrogens is 463 g/mol. The number of methoxy groups -OCH3 is 2. The topological polar surface area (TPSA) is 62.6 Å². The number of halogens is 2. The first kappa shape index (κ1) is 25.2. The molecule has 3 aromatic rings. The van der Waals surface area contributed by atoms with Gasteiger partial charge in [-0.3, -0.25) is 4.79 Å². The number of benzene rings is 2. The number of ether oxygens (including phenoxy) is 3. The quantitative estimate of drug-likeness (QED) is 0.266. The van der Waals surface area contributed by atoms with E-state index in [2.05, 4.69) is 0 Å². The Balaban J connectivity index is 2.29. The van der Waals surface area contributed by atoms with Crippen LogP contribution in [0.2, 0.25) is 10.0 Å². The van der Waals surface area contributed by atoms with Gasteiger partial charge < -0.3 is 14.2 Å². The Morgan fingerprint density at radius 2 is 1.64 bits per heavy atom. The largest absolute Gasteiger partial charge is 0.459 e. The molecule has 0 bridgehead atoms. The summed E-state index contributed by atoms with van der Waals surface area (Å²) in [6, 6.07) is 12.0.